The van der Waals surface area contributed by atoms with Gasteiger partial charge >= 0.3 is 6.03 Å². The van der Waals surface area contributed by atoms with Crippen LogP contribution in [0.2, 0.25) is 0 Å². The van der Waals surface area contributed by atoms with Gasteiger partial charge in [0.05, 0.1) is 6.10 Å². The highest BCUT2D eigenvalue weighted by Gasteiger charge is 2.18. The smallest absolute Gasteiger partial charge is 0.317 e. The highest BCUT2D eigenvalue weighted by Crippen LogP contribution is 2.10. The lowest BCUT2D eigenvalue weighted by atomic mass is 10.2. The number of carbonyl (C=O) groups excluding carboxylic acids is 1. The van der Waals surface area contributed by atoms with Crippen LogP contribution in [0.25, 0.3) is 0 Å². The third-order valence-electron chi connectivity index (χ3n) is 2.70. The first-order valence-corrected chi connectivity index (χ1v) is 7.16. The predicted molar refractivity (Wildman–Crippen MR) is 79.9 cm³/mol. The number of carbonyl (C=O) groups is 1. The number of nitrogens with one attached hydrogen (secondary N) is 1. The van der Waals surface area contributed by atoms with Gasteiger partial charge in [-0.15, -0.1) is 0 Å². The molecule has 1 atom stereocenters. The van der Waals surface area contributed by atoms with Gasteiger partial charge in [0.15, 0.2) is 0 Å². The van der Waals surface area contributed by atoms with E-state index in [4.69, 9.17) is 0 Å². The molecule has 1 aromatic carbocycles. The molecular formula is C14H21BrN2O2. The highest BCUT2D eigenvalue weighted by atomic mass is 79.9. The second-order valence-corrected chi connectivity index (χ2v) is 5.80. The van der Waals surface area contributed by atoms with Crippen LogP contribution in [-0.4, -0.2) is 34.7 Å². The van der Waals surface area contributed by atoms with E-state index in [1.807, 2.05) is 38.1 Å². The topological polar surface area (TPSA) is 52.6 Å². The van der Waals surface area contributed by atoms with Crippen LogP contribution in [0.1, 0.15) is 26.3 Å². The summed E-state index contributed by atoms with van der Waals surface area (Å²) < 4.78 is 1.01. The Kier molecular flexibility index (Phi) is 6.31. The van der Waals surface area contributed by atoms with Gasteiger partial charge in [0.25, 0.3) is 0 Å². The first-order valence-electron chi connectivity index (χ1n) is 6.37. The molecule has 2 amide bonds. The molecule has 19 heavy (non-hydrogen) atoms. The van der Waals surface area contributed by atoms with Crippen molar-refractivity contribution in [3.05, 3.63) is 34.3 Å². The molecule has 0 heterocycles. The van der Waals surface area contributed by atoms with Crippen LogP contribution in [0.4, 0.5) is 4.79 Å². The van der Waals surface area contributed by atoms with Crippen LogP contribution in [0.5, 0.6) is 0 Å². The number of benzene rings is 1. The maximum Gasteiger partial charge on any atom is 0.317 e. The number of hydrogen-bond donors (Lipinski definition) is 2. The molecule has 4 nitrogen and oxygen atoms in total. The molecule has 0 aliphatic heterocycles. The molecule has 1 rings (SSSR count). The largest absolute Gasteiger partial charge is 0.392 e. The molecule has 2 N–H and O–H groups in total. The van der Waals surface area contributed by atoms with Crippen molar-refractivity contribution in [2.75, 3.05) is 6.54 Å². The van der Waals surface area contributed by atoms with Gasteiger partial charge in [0.1, 0.15) is 0 Å². The first kappa shape index (κ1) is 16.0. The van der Waals surface area contributed by atoms with Crippen molar-refractivity contribution in [3.8, 4) is 0 Å². The summed E-state index contributed by atoms with van der Waals surface area (Å²) in [5, 5.41) is 12.3. The molecule has 1 aromatic rings. The van der Waals surface area contributed by atoms with E-state index < -0.39 is 6.10 Å². The number of rotatable bonds is 5. The van der Waals surface area contributed by atoms with E-state index in [9.17, 15) is 9.90 Å². The molecule has 0 bridgehead atoms. The Morgan fingerprint density at radius 3 is 2.37 bits per heavy atom. The number of halogens is 1. The fourth-order valence-electron chi connectivity index (χ4n) is 1.69. The van der Waals surface area contributed by atoms with Crippen molar-refractivity contribution in [1.82, 2.24) is 10.2 Å². The van der Waals surface area contributed by atoms with E-state index in [1.54, 1.807) is 11.8 Å². The highest BCUT2D eigenvalue weighted by molar-refractivity contribution is 9.10. The Morgan fingerprint density at radius 1 is 1.32 bits per heavy atom. The Balaban J connectivity index is 2.54. The van der Waals surface area contributed by atoms with Gasteiger partial charge in [-0.2, -0.15) is 0 Å². The zero-order chi connectivity index (χ0) is 14.4. The van der Waals surface area contributed by atoms with Crippen molar-refractivity contribution >= 4 is 22.0 Å². The number of nitrogens with zero attached hydrogens (tertiary/aromatic N) is 1. The first-order chi connectivity index (χ1) is 8.90. The van der Waals surface area contributed by atoms with E-state index in [0.29, 0.717) is 13.1 Å². The average Bonchev–Trinajstić information content (AvgIpc) is 2.34. The lowest BCUT2D eigenvalue weighted by Crippen LogP contribution is -2.46. The van der Waals surface area contributed by atoms with Crippen LogP contribution >= 0.6 is 15.9 Å². The van der Waals surface area contributed by atoms with Crippen LogP contribution in [0.15, 0.2) is 28.7 Å². The summed E-state index contributed by atoms with van der Waals surface area (Å²) in [4.78, 5) is 13.7. The lowest BCUT2D eigenvalue weighted by Gasteiger charge is -2.28. The monoisotopic (exact) mass is 328 g/mol. The Bertz CT molecular complexity index is 404. The summed E-state index contributed by atoms with van der Waals surface area (Å²) in [7, 11) is 0. The molecule has 0 radical (unpaired) electrons. The van der Waals surface area contributed by atoms with E-state index in [-0.39, 0.29) is 12.1 Å². The quantitative estimate of drug-likeness (QED) is 0.873. The number of aliphatic hydroxyl groups is 1. The molecule has 1 unspecified atom stereocenters. The van der Waals surface area contributed by atoms with Gasteiger partial charge < -0.3 is 15.3 Å². The predicted octanol–water partition coefficient (Wildman–Crippen LogP) is 2.75. The fraction of sp³-hybridized carbons (Fsp3) is 0.500. The minimum Gasteiger partial charge on any atom is -0.392 e. The second kappa shape index (κ2) is 7.50. The number of aliphatic hydroxyl groups excluding tert-OH is 1. The Morgan fingerprint density at radius 2 is 1.89 bits per heavy atom. The molecule has 0 saturated heterocycles. The van der Waals surface area contributed by atoms with Crippen molar-refractivity contribution in [1.29, 1.82) is 0 Å². The Labute approximate surface area is 122 Å². The molecular weight excluding hydrogens is 308 g/mol. The SMILES string of the molecule is CC(O)CN(C(=O)NCc1ccc(Br)cc1)C(C)C. The van der Waals surface area contributed by atoms with Crippen molar-refractivity contribution in [2.45, 2.75) is 39.5 Å². The van der Waals surface area contributed by atoms with Crippen molar-refractivity contribution < 1.29 is 9.90 Å². The van der Waals surface area contributed by atoms with Gasteiger partial charge in [-0.1, -0.05) is 28.1 Å². The second-order valence-electron chi connectivity index (χ2n) is 4.88. The third-order valence-corrected chi connectivity index (χ3v) is 3.23. The summed E-state index contributed by atoms with van der Waals surface area (Å²) in [6.07, 6.45) is -0.527. The zero-order valence-electron chi connectivity index (χ0n) is 11.6. The van der Waals surface area contributed by atoms with E-state index in [2.05, 4.69) is 21.2 Å². The molecule has 0 aliphatic rings. The molecule has 5 heteroatoms. The Hall–Kier alpha value is -1.07. The van der Waals surface area contributed by atoms with Crippen LogP contribution in [0, 0.1) is 0 Å². The average molecular weight is 329 g/mol. The van der Waals surface area contributed by atoms with E-state index in [1.165, 1.54) is 0 Å². The van der Waals surface area contributed by atoms with Gasteiger partial charge in [-0.05, 0) is 38.5 Å². The molecule has 0 aliphatic carbocycles. The normalized spacial score (nSPS) is 12.3. The maximum absolute atomic E-state index is 12.1. The summed E-state index contributed by atoms with van der Waals surface area (Å²) in [5.74, 6) is 0. The van der Waals surface area contributed by atoms with Gasteiger partial charge in [0.2, 0.25) is 0 Å². The number of urea groups is 1. The number of hydrogen-bond acceptors (Lipinski definition) is 2. The molecule has 0 spiro atoms. The summed E-state index contributed by atoms with van der Waals surface area (Å²) in [5.41, 5.74) is 1.04. The molecule has 0 fully saturated rings. The van der Waals surface area contributed by atoms with Crippen LogP contribution in [-0.2, 0) is 6.54 Å². The summed E-state index contributed by atoms with van der Waals surface area (Å²) >= 11 is 3.37. The van der Waals surface area contributed by atoms with Gasteiger partial charge in [0, 0.05) is 23.6 Å². The standard InChI is InChI=1S/C14H21BrN2O2/c1-10(2)17(9-11(3)18)14(19)16-8-12-4-6-13(15)7-5-12/h4-7,10-11,18H,8-9H2,1-3H3,(H,16,19). The van der Waals surface area contributed by atoms with Gasteiger partial charge in [-0.25, -0.2) is 4.79 Å². The molecule has 0 aromatic heterocycles. The summed E-state index contributed by atoms with van der Waals surface area (Å²) in [6, 6.07) is 7.70. The number of amides is 2. The third kappa shape index (κ3) is 5.61. The molecule has 0 saturated carbocycles. The van der Waals surface area contributed by atoms with Crippen molar-refractivity contribution in [3.63, 3.8) is 0 Å². The van der Waals surface area contributed by atoms with E-state index in [0.717, 1.165) is 10.0 Å². The fourth-order valence-corrected chi connectivity index (χ4v) is 1.96. The minimum absolute atomic E-state index is 0.0551. The molecule has 106 valence electrons. The zero-order valence-corrected chi connectivity index (χ0v) is 13.1. The van der Waals surface area contributed by atoms with E-state index >= 15 is 0 Å². The van der Waals surface area contributed by atoms with Gasteiger partial charge in [-0.3, -0.25) is 0 Å². The summed E-state index contributed by atoms with van der Waals surface area (Å²) in [6.45, 7) is 6.36. The lowest BCUT2D eigenvalue weighted by molar-refractivity contribution is 0.119. The minimum atomic E-state index is -0.527. The van der Waals surface area contributed by atoms with Crippen LogP contribution in [0.3, 0.4) is 0 Å². The maximum atomic E-state index is 12.1. The van der Waals surface area contributed by atoms with Crippen molar-refractivity contribution in [2.24, 2.45) is 0 Å². The van der Waals surface area contributed by atoms with Crippen LogP contribution < -0.4 is 5.32 Å².